The van der Waals surface area contributed by atoms with E-state index in [4.69, 9.17) is 0 Å². The highest BCUT2D eigenvalue weighted by Crippen LogP contribution is 2.20. The van der Waals surface area contributed by atoms with Gasteiger partial charge in [-0.3, -0.25) is 10.1 Å². The summed E-state index contributed by atoms with van der Waals surface area (Å²) in [5.74, 6) is 0. The third-order valence-corrected chi connectivity index (χ3v) is 1.65. The molecular weight excluding hydrogens is 146 g/mol. The van der Waals surface area contributed by atoms with Crippen molar-refractivity contribution in [3.05, 3.63) is 33.9 Å². The molecule has 0 amide bonds. The van der Waals surface area contributed by atoms with Crippen LogP contribution in [0.25, 0.3) is 0 Å². The molecule has 0 radical (unpaired) electrons. The molecule has 60 valence electrons. The van der Waals surface area contributed by atoms with Gasteiger partial charge in [0.05, 0.1) is 11.3 Å². The van der Waals surface area contributed by atoms with Gasteiger partial charge in [-0.2, -0.15) is 0 Å². The van der Waals surface area contributed by atoms with Crippen molar-refractivity contribution in [2.75, 3.05) is 0 Å². The highest BCUT2D eigenvalue weighted by Gasteiger charge is 2.37. The van der Waals surface area contributed by atoms with E-state index in [1.807, 2.05) is 6.92 Å². The van der Waals surface area contributed by atoms with Crippen molar-refractivity contribution in [1.29, 1.82) is 0 Å². The molecule has 0 saturated carbocycles. The second-order valence-corrected chi connectivity index (χ2v) is 2.62. The van der Waals surface area contributed by atoms with Crippen LogP contribution in [-0.4, -0.2) is 15.8 Å². The number of hydrogen-bond acceptors (Lipinski definition) is 3. The zero-order valence-corrected chi connectivity index (χ0v) is 6.15. The molecule has 0 aromatic carbocycles. The molecular formula is C7H9NO3. The summed E-state index contributed by atoms with van der Waals surface area (Å²) in [5, 5.41) is 19.5. The van der Waals surface area contributed by atoms with Gasteiger partial charge < -0.3 is 5.11 Å². The van der Waals surface area contributed by atoms with Gasteiger partial charge in [-0.05, 0) is 6.92 Å². The Kier molecular flexibility index (Phi) is 1.78. The molecule has 4 nitrogen and oxygen atoms in total. The van der Waals surface area contributed by atoms with Crippen LogP contribution in [-0.2, 0) is 0 Å². The monoisotopic (exact) mass is 155 g/mol. The van der Waals surface area contributed by atoms with E-state index in [-0.39, 0.29) is 6.42 Å². The van der Waals surface area contributed by atoms with Crippen molar-refractivity contribution in [2.24, 2.45) is 0 Å². The lowest BCUT2D eigenvalue weighted by Gasteiger charge is -2.16. The second kappa shape index (κ2) is 2.47. The van der Waals surface area contributed by atoms with Gasteiger partial charge in [0.25, 0.3) is 0 Å². The molecule has 1 aliphatic rings. The largest absolute Gasteiger partial charge is 0.345 e. The van der Waals surface area contributed by atoms with Crippen molar-refractivity contribution in [3.8, 4) is 0 Å². The van der Waals surface area contributed by atoms with Crippen molar-refractivity contribution >= 4 is 0 Å². The van der Waals surface area contributed by atoms with Crippen LogP contribution in [0.15, 0.2) is 23.8 Å². The lowest BCUT2D eigenvalue weighted by Crippen LogP contribution is -2.36. The number of aliphatic hydroxyl groups is 1. The zero-order chi connectivity index (χ0) is 8.48. The van der Waals surface area contributed by atoms with Gasteiger partial charge in [0.1, 0.15) is 0 Å². The Hall–Kier alpha value is -1.16. The molecule has 0 heterocycles. The third-order valence-electron chi connectivity index (χ3n) is 1.65. The highest BCUT2D eigenvalue weighted by molar-refractivity contribution is 5.23. The van der Waals surface area contributed by atoms with Gasteiger partial charge in [-0.25, -0.2) is 0 Å². The van der Waals surface area contributed by atoms with Crippen molar-refractivity contribution in [2.45, 2.75) is 19.1 Å². The molecule has 0 aliphatic heterocycles. The Morgan fingerprint density at radius 3 is 2.82 bits per heavy atom. The van der Waals surface area contributed by atoms with Crippen LogP contribution in [0.4, 0.5) is 0 Å². The quantitative estimate of drug-likeness (QED) is 0.347. The van der Waals surface area contributed by atoms with Gasteiger partial charge in [-0.15, -0.1) is 0 Å². The summed E-state index contributed by atoms with van der Waals surface area (Å²) in [7, 11) is 0. The lowest BCUT2D eigenvalue weighted by atomic mass is 10.0. The minimum atomic E-state index is -1.88. The summed E-state index contributed by atoms with van der Waals surface area (Å²) in [6.07, 6.45) is 4.46. The van der Waals surface area contributed by atoms with Gasteiger partial charge in [-0.1, -0.05) is 17.7 Å². The Morgan fingerprint density at radius 2 is 2.45 bits per heavy atom. The first kappa shape index (κ1) is 7.94. The van der Waals surface area contributed by atoms with E-state index in [1.165, 1.54) is 6.08 Å². The Bertz CT molecular complexity index is 244. The third kappa shape index (κ3) is 1.46. The first-order valence-electron chi connectivity index (χ1n) is 3.27. The van der Waals surface area contributed by atoms with Crippen LogP contribution < -0.4 is 0 Å². The fourth-order valence-corrected chi connectivity index (χ4v) is 0.848. The fraction of sp³-hybridized carbons (Fsp3) is 0.429. The summed E-state index contributed by atoms with van der Waals surface area (Å²) in [6, 6.07) is 0. The number of allylic oxidation sites excluding steroid dienone is 2. The predicted molar refractivity (Wildman–Crippen MR) is 39.5 cm³/mol. The molecule has 1 aliphatic carbocycles. The lowest BCUT2D eigenvalue weighted by molar-refractivity contribution is -0.607. The van der Waals surface area contributed by atoms with E-state index in [1.54, 1.807) is 12.2 Å². The number of rotatable bonds is 1. The van der Waals surface area contributed by atoms with Gasteiger partial charge in [0.15, 0.2) is 0 Å². The topological polar surface area (TPSA) is 63.4 Å². The molecule has 0 bridgehead atoms. The van der Waals surface area contributed by atoms with Crippen LogP contribution in [0.2, 0.25) is 0 Å². The van der Waals surface area contributed by atoms with Crippen molar-refractivity contribution < 1.29 is 10.0 Å². The van der Waals surface area contributed by atoms with Gasteiger partial charge >= 0.3 is 5.72 Å². The fourth-order valence-electron chi connectivity index (χ4n) is 0.848. The van der Waals surface area contributed by atoms with Gasteiger partial charge in [0, 0.05) is 6.08 Å². The van der Waals surface area contributed by atoms with Crippen molar-refractivity contribution in [1.82, 2.24) is 0 Å². The molecule has 0 spiro atoms. The number of nitrogens with zero attached hydrogens (tertiary/aromatic N) is 1. The Balaban J connectivity index is 2.82. The van der Waals surface area contributed by atoms with E-state index in [9.17, 15) is 15.2 Å². The first-order chi connectivity index (χ1) is 5.04. The summed E-state index contributed by atoms with van der Waals surface area (Å²) >= 11 is 0. The average molecular weight is 155 g/mol. The first-order valence-corrected chi connectivity index (χ1v) is 3.27. The minimum absolute atomic E-state index is 0.0579. The van der Waals surface area contributed by atoms with E-state index in [2.05, 4.69) is 0 Å². The SMILES string of the molecule is CC1=CCC(O)([N+](=O)[O-])C=C1. The zero-order valence-electron chi connectivity index (χ0n) is 6.15. The molecule has 1 rings (SSSR count). The predicted octanol–water partition coefficient (Wildman–Crippen LogP) is 0.858. The summed E-state index contributed by atoms with van der Waals surface area (Å²) in [4.78, 5) is 9.57. The molecule has 11 heavy (non-hydrogen) atoms. The Morgan fingerprint density at radius 1 is 1.82 bits per heavy atom. The van der Waals surface area contributed by atoms with Crippen LogP contribution in [0.1, 0.15) is 13.3 Å². The molecule has 0 saturated heterocycles. The van der Waals surface area contributed by atoms with Gasteiger partial charge in [0.2, 0.25) is 0 Å². The van der Waals surface area contributed by atoms with E-state index in [0.717, 1.165) is 5.57 Å². The van der Waals surface area contributed by atoms with E-state index < -0.39 is 10.6 Å². The molecule has 0 fully saturated rings. The molecule has 0 aromatic heterocycles. The molecule has 0 aromatic rings. The Labute approximate surface area is 64.0 Å². The van der Waals surface area contributed by atoms with E-state index in [0.29, 0.717) is 0 Å². The van der Waals surface area contributed by atoms with Crippen LogP contribution in [0.3, 0.4) is 0 Å². The van der Waals surface area contributed by atoms with Crippen molar-refractivity contribution in [3.63, 3.8) is 0 Å². The molecule has 1 atom stereocenters. The standard InChI is InChI=1S/C7H9NO3/c1-6-2-4-7(9,5-3-6)8(10)11/h2-4,9H,5H2,1H3. The molecule has 1 unspecified atom stereocenters. The second-order valence-electron chi connectivity index (χ2n) is 2.62. The molecule has 4 heteroatoms. The normalized spacial score (nSPS) is 29.8. The van der Waals surface area contributed by atoms with Crippen LogP contribution >= 0.6 is 0 Å². The highest BCUT2D eigenvalue weighted by atomic mass is 16.7. The summed E-state index contributed by atoms with van der Waals surface area (Å²) < 4.78 is 0. The maximum atomic E-state index is 10.3. The molecule has 1 N–H and O–H groups in total. The maximum Gasteiger partial charge on any atom is 0.345 e. The summed E-state index contributed by atoms with van der Waals surface area (Å²) in [5.41, 5.74) is -0.934. The maximum absolute atomic E-state index is 10.3. The smallest absolute Gasteiger partial charge is 0.327 e. The van der Waals surface area contributed by atoms with Crippen LogP contribution in [0.5, 0.6) is 0 Å². The minimum Gasteiger partial charge on any atom is -0.327 e. The average Bonchev–Trinajstić information content (AvgIpc) is 1.95. The number of hydrogen-bond donors (Lipinski definition) is 1. The summed E-state index contributed by atoms with van der Waals surface area (Å²) in [6.45, 7) is 1.83. The number of nitro groups is 1. The van der Waals surface area contributed by atoms with Crippen LogP contribution in [0, 0.1) is 10.1 Å². The van der Waals surface area contributed by atoms with E-state index >= 15 is 0 Å².